The van der Waals surface area contributed by atoms with Crippen LogP contribution in [-0.2, 0) is 17.7 Å². The molecule has 0 saturated heterocycles. The van der Waals surface area contributed by atoms with E-state index in [2.05, 4.69) is 10.1 Å². The van der Waals surface area contributed by atoms with Crippen LogP contribution in [0.25, 0.3) is 0 Å². The fraction of sp³-hybridized carbons (Fsp3) is 0.308. The minimum atomic E-state index is -0.461. The molecule has 0 bridgehead atoms. The zero-order valence-electron chi connectivity index (χ0n) is 10.1. The minimum Gasteiger partial charge on any atom is -0.469 e. The highest BCUT2D eigenvalue weighted by molar-refractivity contribution is 5.86. The molecule has 0 spiro atoms. The summed E-state index contributed by atoms with van der Waals surface area (Å²) in [5.74, 6) is 1.41. The number of esters is 1. The van der Waals surface area contributed by atoms with Crippen LogP contribution >= 0.6 is 0 Å². The lowest BCUT2D eigenvalue weighted by Gasteiger charge is -2.00. The Labute approximate surface area is 105 Å². The van der Waals surface area contributed by atoms with Gasteiger partial charge >= 0.3 is 5.97 Å². The third-order valence-electron chi connectivity index (χ3n) is 2.48. The first-order valence-corrected chi connectivity index (χ1v) is 5.69. The summed E-state index contributed by atoms with van der Waals surface area (Å²) < 4.78 is 15.1. The van der Waals surface area contributed by atoms with Crippen molar-refractivity contribution in [2.45, 2.75) is 13.0 Å². The Hall–Kier alpha value is -2.01. The topological polar surface area (TPSA) is 64.6 Å². The lowest BCUT2D eigenvalue weighted by atomic mass is 10.3. The average Bonchev–Trinajstić information content (AvgIpc) is 3.05. The van der Waals surface area contributed by atoms with Gasteiger partial charge in [-0.25, -0.2) is 4.79 Å². The van der Waals surface area contributed by atoms with Crippen LogP contribution < -0.4 is 5.32 Å². The normalized spacial score (nSPS) is 10.5. The Morgan fingerprint density at radius 3 is 2.94 bits per heavy atom. The molecule has 0 atom stereocenters. The Kier molecular flexibility index (Phi) is 4.20. The predicted molar refractivity (Wildman–Crippen MR) is 64.2 cm³/mol. The van der Waals surface area contributed by atoms with Gasteiger partial charge in [0.05, 0.1) is 19.9 Å². The van der Waals surface area contributed by atoms with Gasteiger partial charge in [0, 0.05) is 13.0 Å². The first kappa shape index (κ1) is 12.4. The predicted octanol–water partition coefficient (Wildman–Crippen LogP) is 1.99. The van der Waals surface area contributed by atoms with Crippen LogP contribution in [0.15, 0.2) is 39.4 Å². The second-order valence-electron chi connectivity index (χ2n) is 3.76. The molecule has 2 heterocycles. The fourth-order valence-electron chi connectivity index (χ4n) is 1.56. The van der Waals surface area contributed by atoms with Crippen molar-refractivity contribution in [3.05, 3.63) is 47.8 Å². The Balaban J connectivity index is 1.73. The molecule has 0 fully saturated rings. The Morgan fingerprint density at radius 1 is 1.33 bits per heavy atom. The summed E-state index contributed by atoms with van der Waals surface area (Å²) in [6.07, 6.45) is 2.47. The summed E-state index contributed by atoms with van der Waals surface area (Å²) in [6.45, 7) is 1.35. The fourth-order valence-corrected chi connectivity index (χ4v) is 1.56. The number of carbonyl (C=O) groups is 1. The van der Waals surface area contributed by atoms with Crippen molar-refractivity contribution in [2.24, 2.45) is 0 Å². The van der Waals surface area contributed by atoms with Gasteiger partial charge in [0.25, 0.3) is 0 Å². The molecule has 0 unspecified atom stereocenters. The number of furan rings is 2. The number of hydrogen-bond acceptors (Lipinski definition) is 5. The summed E-state index contributed by atoms with van der Waals surface area (Å²) in [4.78, 5) is 11.2. The van der Waals surface area contributed by atoms with Crippen molar-refractivity contribution in [3.63, 3.8) is 0 Å². The highest BCUT2D eigenvalue weighted by atomic mass is 16.5. The standard InChI is InChI=1S/C13H15NO4/c1-16-13(15)12-5-4-11(18-12)9-14-7-6-10-3-2-8-17-10/h2-5,8,14H,6-7,9H2,1H3. The third-order valence-corrected chi connectivity index (χ3v) is 2.48. The molecule has 18 heavy (non-hydrogen) atoms. The monoisotopic (exact) mass is 249 g/mol. The van der Waals surface area contributed by atoms with E-state index in [9.17, 15) is 4.79 Å². The molecular formula is C13H15NO4. The number of methoxy groups -OCH3 is 1. The van der Waals surface area contributed by atoms with Crippen LogP contribution in [0.4, 0.5) is 0 Å². The molecule has 0 saturated carbocycles. The second-order valence-corrected chi connectivity index (χ2v) is 3.76. The smallest absolute Gasteiger partial charge is 0.373 e. The molecule has 96 valence electrons. The average molecular weight is 249 g/mol. The highest BCUT2D eigenvalue weighted by Gasteiger charge is 2.10. The number of hydrogen-bond donors (Lipinski definition) is 1. The molecule has 2 rings (SSSR count). The van der Waals surface area contributed by atoms with E-state index in [-0.39, 0.29) is 5.76 Å². The van der Waals surface area contributed by atoms with Crippen molar-refractivity contribution >= 4 is 5.97 Å². The van der Waals surface area contributed by atoms with E-state index in [4.69, 9.17) is 8.83 Å². The Bertz CT molecular complexity index is 487. The lowest BCUT2D eigenvalue weighted by molar-refractivity contribution is 0.0563. The van der Waals surface area contributed by atoms with Crippen molar-refractivity contribution in [1.29, 1.82) is 0 Å². The highest BCUT2D eigenvalue weighted by Crippen LogP contribution is 2.08. The molecular weight excluding hydrogens is 234 g/mol. The van der Waals surface area contributed by atoms with E-state index in [0.717, 1.165) is 18.7 Å². The maximum atomic E-state index is 11.2. The zero-order chi connectivity index (χ0) is 12.8. The van der Waals surface area contributed by atoms with E-state index in [1.54, 1.807) is 18.4 Å². The van der Waals surface area contributed by atoms with Gasteiger partial charge in [-0.05, 0) is 24.3 Å². The summed E-state index contributed by atoms with van der Waals surface area (Å²) in [7, 11) is 1.33. The van der Waals surface area contributed by atoms with E-state index in [0.29, 0.717) is 12.3 Å². The van der Waals surface area contributed by atoms with Gasteiger partial charge in [-0.2, -0.15) is 0 Å². The van der Waals surface area contributed by atoms with E-state index < -0.39 is 5.97 Å². The van der Waals surface area contributed by atoms with Crippen molar-refractivity contribution < 1.29 is 18.4 Å². The van der Waals surface area contributed by atoms with Crippen LogP contribution in [0, 0.1) is 0 Å². The summed E-state index contributed by atoms with van der Waals surface area (Å²) >= 11 is 0. The molecule has 0 aromatic carbocycles. The molecule has 1 N–H and O–H groups in total. The number of carbonyl (C=O) groups excluding carboxylic acids is 1. The van der Waals surface area contributed by atoms with E-state index in [1.807, 2.05) is 12.1 Å². The van der Waals surface area contributed by atoms with Gasteiger partial charge in [-0.15, -0.1) is 0 Å². The zero-order valence-corrected chi connectivity index (χ0v) is 10.1. The molecule has 2 aromatic rings. The first-order valence-electron chi connectivity index (χ1n) is 5.69. The number of ether oxygens (including phenoxy) is 1. The van der Waals surface area contributed by atoms with Crippen LogP contribution in [0.2, 0.25) is 0 Å². The van der Waals surface area contributed by atoms with E-state index in [1.165, 1.54) is 7.11 Å². The van der Waals surface area contributed by atoms with Crippen LogP contribution in [-0.4, -0.2) is 19.6 Å². The molecule has 0 radical (unpaired) electrons. The molecule has 5 nitrogen and oxygen atoms in total. The lowest BCUT2D eigenvalue weighted by Crippen LogP contribution is -2.16. The van der Waals surface area contributed by atoms with Gasteiger partial charge in [-0.3, -0.25) is 0 Å². The van der Waals surface area contributed by atoms with Gasteiger partial charge in [0.2, 0.25) is 5.76 Å². The quantitative estimate of drug-likeness (QED) is 0.626. The minimum absolute atomic E-state index is 0.223. The molecule has 0 amide bonds. The Morgan fingerprint density at radius 2 is 2.22 bits per heavy atom. The van der Waals surface area contributed by atoms with Crippen LogP contribution in [0.1, 0.15) is 22.1 Å². The molecule has 0 aliphatic rings. The molecule has 5 heteroatoms. The van der Waals surface area contributed by atoms with Crippen molar-refractivity contribution in [2.75, 3.05) is 13.7 Å². The number of nitrogens with one attached hydrogen (secondary N) is 1. The molecule has 0 aliphatic carbocycles. The summed E-state index contributed by atoms with van der Waals surface area (Å²) in [5, 5.41) is 3.20. The maximum Gasteiger partial charge on any atom is 0.373 e. The van der Waals surface area contributed by atoms with Gasteiger partial charge in [-0.1, -0.05) is 0 Å². The van der Waals surface area contributed by atoms with Crippen LogP contribution in [0.5, 0.6) is 0 Å². The van der Waals surface area contributed by atoms with E-state index >= 15 is 0 Å². The van der Waals surface area contributed by atoms with Gasteiger partial charge in [0.1, 0.15) is 11.5 Å². The molecule has 0 aliphatic heterocycles. The van der Waals surface area contributed by atoms with Crippen LogP contribution in [0.3, 0.4) is 0 Å². The largest absolute Gasteiger partial charge is 0.469 e. The van der Waals surface area contributed by atoms with Crippen molar-refractivity contribution in [3.8, 4) is 0 Å². The summed E-state index contributed by atoms with van der Waals surface area (Å²) in [6, 6.07) is 7.16. The SMILES string of the molecule is COC(=O)c1ccc(CNCCc2ccco2)o1. The van der Waals surface area contributed by atoms with Gasteiger partial charge in [0.15, 0.2) is 0 Å². The van der Waals surface area contributed by atoms with Gasteiger partial charge < -0.3 is 18.9 Å². The molecule has 2 aromatic heterocycles. The van der Waals surface area contributed by atoms with Crippen molar-refractivity contribution in [1.82, 2.24) is 5.32 Å². The third kappa shape index (κ3) is 3.24. The summed E-state index contributed by atoms with van der Waals surface area (Å²) in [5.41, 5.74) is 0. The number of rotatable bonds is 6. The second kappa shape index (κ2) is 6.07. The maximum absolute atomic E-state index is 11.2. The first-order chi connectivity index (χ1) is 8.79.